The summed E-state index contributed by atoms with van der Waals surface area (Å²) >= 11 is 0. The fourth-order valence-electron chi connectivity index (χ4n) is 2.32. The number of unbranched alkanes of at least 4 members (excludes halogenated alkanes) is 1. The SMILES string of the molecule is CCCCc1ccc(NC(=O)NCc2ccc(C)o2)c(C)c1. The molecule has 0 bridgehead atoms. The normalized spacial score (nSPS) is 10.5. The number of nitrogens with one attached hydrogen (secondary N) is 2. The minimum Gasteiger partial charge on any atom is -0.465 e. The van der Waals surface area contributed by atoms with Crippen molar-refractivity contribution in [2.45, 2.75) is 46.6 Å². The van der Waals surface area contributed by atoms with E-state index in [1.165, 1.54) is 18.4 Å². The molecule has 0 spiro atoms. The van der Waals surface area contributed by atoms with Gasteiger partial charge in [-0.05, 0) is 56.0 Å². The lowest BCUT2D eigenvalue weighted by Crippen LogP contribution is -2.28. The summed E-state index contributed by atoms with van der Waals surface area (Å²) in [7, 11) is 0. The summed E-state index contributed by atoms with van der Waals surface area (Å²) in [6, 6.07) is 9.71. The monoisotopic (exact) mass is 300 g/mol. The Morgan fingerprint density at radius 3 is 2.64 bits per heavy atom. The zero-order valence-corrected chi connectivity index (χ0v) is 13.5. The van der Waals surface area contributed by atoms with Crippen LogP contribution in [0.5, 0.6) is 0 Å². The van der Waals surface area contributed by atoms with Crippen molar-refractivity contribution < 1.29 is 9.21 Å². The molecule has 0 unspecified atom stereocenters. The van der Waals surface area contributed by atoms with Crippen molar-refractivity contribution in [3.05, 3.63) is 53.0 Å². The van der Waals surface area contributed by atoms with Crippen molar-refractivity contribution in [2.75, 3.05) is 5.32 Å². The lowest BCUT2D eigenvalue weighted by molar-refractivity contribution is 0.250. The first-order valence-corrected chi connectivity index (χ1v) is 7.78. The minimum absolute atomic E-state index is 0.224. The van der Waals surface area contributed by atoms with Crippen molar-refractivity contribution in [3.8, 4) is 0 Å². The number of amides is 2. The molecule has 118 valence electrons. The Balaban J connectivity index is 1.88. The molecule has 0 aliphatic rings. The first-order valence-electron chi connectivity index (χ1n) is 7.78. The Hall–Kier alpha value is -2.23. The summed E-state index contributed by atoms with van der Waals surface area (Å²) in [6.07, 6.45) is 3.46. The molecule has 1 heterocycles. The molecule has 0 fully saturated rings. The smallest absolute Gasteiger partial charge is 0.319 e. The van der Waals surface area contributed by atoms with E-state index >= 15 is 0 Å². The average Bonchev–Trinajstić information content (AvgIpc) is 2.91. The second kappa shape index (κ2) is 7.69. The van der Waals surface area contributed by atoms with Gasteiger partial charge < -0.3 is 15.1 Å². The fraction of sp³-hybridized carbons (Fsp3) is 0.389. The first kappa shape index (κ1) is 16.1. The van der Waals surface area contributed by atoms with Crippen LogP contribution in [0.2, 0.25) is 0 Å². The summed E-state index contributed by atoms with van der Waals surface area (Å²) in [4.78, 5) is 11.9. The van der Waals surface area contributed by atoms with E-state index in [1.54, 1.807) is 0 Å². The Morgan fingerprint density at radius 1 is 1.18 bits per heavy atom. The van der Waals surface area contributed by atoms with Gasteiger partial charge in [0.25, 0.3) is 0 Å². The molecular formula is C18H24N2O2. The number of anilines is 1. The molecule has 22 heavy (non-hydrogen) atoms. The summed E-state index contributed by atoms with van der Waals surface area (Å²) in [5.74, 6) is 1.59. The number of aryl methyl sites for hydroxylation is 3. The molecule has 4 heteroatoms. The van der Waals surface area contributed by atoms with Crippen molar-refractivity contribution in [3.63, 3.8) is 0 Å². The number of benzene rings is 1. The van der Waals surface area contributed by atoms with Crippen LogP contribution in [0, 0.1) is 13.8 Å². The van der Waals surface area contributed by atoms with Gasteiger partial charge in [-0.3, -0.25) is 0 Å². The van der Waals surface area contributed by atoms with Crippen molar-refractivity contribution in [1.82, 2.24) is 5.32 Å². The van der Waals surface area contributed by atoms with Gasteiger partial charge in [-0.1, -0.05) is 25.5 Å². The standard InChI is InChI=1S/C18H24N2O2/c1-4-5-6-15-8-10-17(13(2)11-15)20-18(21)19-12-16-9-7-14(3)22-16/h7-11H,4-6,12H2,1-3H3,(H2,19,20,21). The highest BCUT2D eigenvalue weighted by Gasteiger charge is 2.06. The van der Waals surface area contributed by atoms with Crippen molar-refractivity contribution in [1.29, 1.82) is 0 Å². The molecule has 0 atom stereocenters. The van der Waals surface area contributed by atoms with E-state index in [-0.39, 0.29) is 6.03 Å². The van der Waals surface area contributed by atoms with E-state index in [2.05, 4.69) is 29.7 Å². The zero-order chi connectivity index (χ0) is 15.9. The van der Waals surface area contributed by atoms with Gasteiger partial charge in [-0.25, -0.2) is 4.79 Å². The van der Waals surface area contributed by atoms with E-state index in [1.807, 2.05) is 32.0 Å². The number of carbonyl (C=O) groups is 1. The van der Waals surface area contributed by atoms with Crippen LogP contribution in [0.3, 0.4) is 0 Å². The number of rotatable bonds is 6. The van der Waals surface area contributed by atoms with Gasteiger partial charge in [0.2, 0.25) is 0 Å². The van der Waals surface area contributed by atoms with E-state index in [0.29, 0.717) is 6.54 Å². The Bertz CT molecular complexity index is 632. The Kier molecular flexibility index (Phi) is 5.64. The maximum atomic E-state index is 11.9. The highest BCUT2D eigenvalue weighted by atomic mass is 16.3. The molecule has 0 radical (unpaired) electrons. The minimum atomic E-state index is -0.224. The summed E-state index contributed by atoms with van der Waals surface area (Å²) in [6.45, 7) is 6.47. The molecule has 0 aliphatic heterocycles. The molecule has 4 nitrogen and oxygen atoms in total. The van der Waals surface area contributed by atoms with Crippen LogP contribution in [0.4, 0.5) is 10.5 Å². The van der Waals surface area contributed by atoms with Crippen LogP contribution in [-0.2, 0) is 13.0 Å². The zero-order valence-electron chi connectivity index (χ0n) is 13.5. The quantitative estimate of drug-likeness (QED) is 0.821. The highest BCUT2D eigenvalue weighted by molar-refractivity contribution is 5.90. The molecule has 0 saturated heterocycles. The summed E-state index contributed by atoms with van der Waals surface area (Å²) in [5, 5.41) is 5.67. The summed E-state index contributed by atoms with van der Waals surface area (Å²) in [5.41, 5.74) is 3.24. The van der Waals surface area contributed by atoms with Gasteiger partial charge >= 0.3 is 6.03 Å². The molecule has 2 rings (SSSR count). The van der Waals surface area contributed by atoms with E-state index < -0.39 is 0 Å². The molecule has 0 aliphatic carbocycles. The van der Waals surface area contributed by atoms with Crippen LogP contribution in [-0.4, -0.2) is 6.03 Å². The maximum Gasteiger partial charge on any atom is 0.319 e. The number of carbonyl (C=O) groups excluding carboxylic acids is 1. The maximum absolute atomic E-state index is 11.9. The molecular weight excluding hydrogens is 276 g/mol. The van der Waals surface area contributed by atoms with Crippen molar-refractivity contribution in [2.24, 2.45) is 0 Å². The Morgan fingerprint density at radius 2 is 2.00 bits per heavy atom. The van der Waals surface area contributed by atoms with Gasteiger partial charge in [0.15, 0.2) is 0 Å². The van der Waals surface area contributed by atoms with E-state index in [4.69, 9.17) is 4.42 Å². The fourth-order valence-corrected chi connectivity index (χ4v) is 2.32. The molecule has 2 N–H and O–H groups in total. The van der Waals surface area contributed by atoms with E-state index in [0.717, 1.165) is 29.2 Å². The van der Waals surface area contributed by atoms with Gasteiger partial charge in [0, 0.05) is 5.69 Å². The molecule has 1 aromatic carbocycles. The number of urea groups is 1. The van der Waals surface area contributed by atoms with Crippen LogP contribution in [0.1, 0.15) is 42.4 Å². The first-order chi connectivity index (χ1) is 10.6. The van der Waals surface area contributed by atoms with Crippen molar-refractivity contribution >= 4 is 11.7 Å². The average molecular weight is 300 g/mol. The van der Waals surface area contributed by atoms with Gasteiger partial charge in [0.1, 0.15) is 11.5 Å². The lowest BCUT2D eigenvalue weighted by Gasteiger charge is -2.11. The third-order valence-electron chi connectivity index (χ3n) is 3.58. The van der Waals surface area contributed by atoms with Crippen LogP contribution in [0.15, 0.2) is 34.7 Å². The molecule has 1 aromatic heterocycles. The predicted molar refractivity (Wildman–Crippen MR) is 89.1 cm³/mol. The van der Waals surface area contributed by atoms with Gasteiger partial charge in [-0.2, -0.15) is 0 Å². The highest BCUT2D eigenvalue weighted by Crippen LogP contribution is 2.18. The molecule has 0 saturated carbocycles. The van der Waals surface area contributed by atoms with E-state index in [9.17, 15) is 4.79 Å². The predicted octanol–water partition coefficient (Wildman–Crippen LogP) is 4.56. The number of hydrogen-bond acceptors (Lipinski definition) is 2. The third-order valence-corrected chi connectivity index (χ3v) is 3.58. The number of furan rings is 1. The lowest BCUT2D eigenvalue weighted by atomic mass is 10.0. The van der Waals surface area contributed by atoms with Crippen LogP contribution in [0.25, 0.3) is 0 Å². The number of hydrogen-bond donors (Lipinski definition) is 2. The van der Waals surface area contributed by atoms with Gasteiger partial charge in [-0.15, -0.1) is 0 Å². The van der Waals surface area contributed by atoms with Gasteiger partial charge in [0.05, 0.1) is 6.54 Å². The summed E-state index contributed by atoms with van der Waals surface area (Å²) < 4.78 is 5.42. The molecule has 2 aromatic rings. The second-order valence-corrected chi connectivity index (χ2v) is 5.57. The second-order valence-electron chi connectivity index (χ2n) is 5.57. The van der Waals surface area contributed by atoms with Crippen LogP contribution >= 0.6 is 0 Å². The Labute approximate surface area is 131 Å². The molecule has 2 amide bonds. The van der Waals surface area contributed by atoms with Crippen LogP contribution < -0.4 is 10.6 Å². The topological polar surface area (TPSA) is 54.3 Å². The largest absolute Gasteiger partial charge is 0.465 e. The third kappa shape index (κ3) is 4.65.